The van der Waals surface area contributed by atoms with Crippen molar-refractivity contribution in [2.24, 2.45) is 0 Å². The largest absolute Gasteiger partial charge is 0.294 e. The molecule has 0 radical (unpaired) electrons. The summed E-state index contributed by atoms with van der Waals surface area (Å²) >= 11 is 0. The second-order valence-corrected chi connectivity index (χ2v) is 5.11. The summed E-state index contributed by atoms with van der Waals surface area (Å²) in [6.45, 7) is 4.22. The van der Waals surface area contributed by atoms with Gasteiger partial charge in [-0.1, -0.05) is 48.9 Å². The number of benzene rings is 2. The predicted molar refractivity (Wildman–Crippen MR) is 73.2 cm³/mol. The molecule has 18 heavy (non-hydrogen) atoms. The Labute approximate surface area is 107 Å². The van der Waals surface area contributed by atoms with Crippen LogP contribution in [0.4, 0.5) is 0 Å². The summed E-state index contributed by atoms with van der Waals surface area (Å²) in [4.78, 5) is 12.4. The molecule has 0 spiro atoms. The number of hydrogen-bond donors (Lipinski definition) is 0. The molecule has 0 N–H and O–H groups in total. The highest BCUT2D eigenvalue weighted by atomic mass is 16.1. The van der Waals surface area contributed by atoms with Gasteiger partial charge in [0.25, 0.3) is 0 Å². The van der Waals surface area contributed by atoms with Crippen molar-refractivity contribution in [2.45, 2.75) is 26.2 Å². The molecule has 0 amide bonds. The molecule has 2 aromatic carbocycles. The number of hydrogen-bond acceptors (Lipinski definition) is 1. The Morgan fingerprint density at radius 1 is 1.06 bits per heavy atom. The number of ketones is 1. The highest BCUT2D eigenvalue weighted by Gasteiger charge is 2.24. The minimum absolute atomic E-state index is 0.241. The molecular weight excluding hydrogens is 220 g/mol. The zero-order chi connectivity index (χ0) is 12.7. The van der Waals surface area contributed by atoms with Crippen LogP contribution in [0.3, 0.4) is 0 Å². The third-order valence-corrected chi connectivity index (χ3v) is 3.85. The lowest BCUT2D eigenvalue weighted by atomic mass is 9.89. The van der Waals surface area contributed by atoms with Gasteiger partial charge >= 0.3 is 0 Å². The van der Waals surface area contributed by atoms with Gasteiger partial charge in [0.1, 0.15) is 0 Å². The summed E-state index contributed by atoms with van der Waals surface area (Å²) < 4.78 is 0. The fourth-order valence-corrected chi connectivity index (χ4v) is 2.84. The van der Waals surface area contributed by atoms with Gasteiger partial charge in [0.05, 0.1) is 0 Å². The zero-order valence-electron chi connectivity index (χ0n) is 10.7. The second-order valence-electron chi connectivity index (χ2n) is 5.11. The van der Waals surface area contributed by atoms with Gasteiger partial charge in [0.15, 0.2) is 5.78 Å². The third kappa shape index (κ3) is 1.67. The van der Waals surface area contributed by atoms with Gasteiger partial charge in [0, 0.05) is 17.9 Å². The van der Waals surface area contributed by atoms with Gasteiger partial charge in [-0.05, 0) is 29.7 Å². The van der Waals surface area contributed by atoms with Gasteiger partial charge in [-0.15, -0.1) is 0 Å². The van der Waals surface area contributed by atoms with Crippen LogP contribution in [0.5, 0.6) is 0 Å². The van der Waals surface area contributed by atoms with Crippen molar-refractivity contribution in [3.63, 3.8) is 0 Å². The highest BCUT2D eigenvalue weighted by molar-refractivity contribution is 6.00. The number of fused-ring (bicyclic) bond motifs is 2. The molecular formula is C17H16O. The van der Waals surface area contributed by atoms with E-state index in [-0.39, 0.29) is 5.78 Å². The van der Waals surface area contributed by atoms with Gasteiger partial charge in [-0.25, -0.2) is 0 Å². The first-order chi connectivity index (χ1) is 8.66. The average Bonchev–Trinajstić information content (AvgIpc) is 2.47. The van der Waals surface area contributed by atoms with E-state index in [1.54, 1.807) is 0 Å². The lowest BCUT2D eigenvalue weighted by Crippen LogP contribution is -2.04. The van der Waals surface area contributed by atoms with Crippen molar-refractivity contribution < 1.29 is 4.79 Å². The fraction of sp³-hybridized carbons (Fsp3) is 0.235. The fourth-order valence-electron chi connectivity index (χ4n) is 2.84. The molecule has 1 nitrogen and oxygen atoms in total. The van der Waals surface area contributed by atoms with Crippen molar-refractivity contribution in [3.05, 3.63) is 70.3 Å². The van der Waals surface area contributed by atoms with E-state index in [1.165, 1.54) is 11.1 Å². The van der Waals surface area contributed by atoms with Crippen LogP contribution in [0, 0.1) is 6.92 Å². The molecule has 3 rings (SSSR count). The van der Waals surface area contributed by atoms with E-state index in [0.29, 0.717) is 12.3 Å². The van der Waals surface area contributed by atoms with E-state index in [4.69, 9.17) is 0 Å². The normalized spacial score (nSPS) is 17.9. The lowest BCUT2D eigenvalue weighted by molar-refractivity contribution is 0.0993. The van der Waals surface area contributed by atoms with Crippen molar-refractivity contribution in [1.82, 2.24) is 0 Å². The van der Waals surface area contributed by atoms with Crippen molar-refractivity contribution in [1.29, 1.82) is 0 Å². The topological polar surface area (TPSA) is 17.1 Å². The summed E-state index contributed by atoms with van der Waals surface area (Å²) in [6.07, 6.45) is 0.525. The molecule has 1 heteroatoms. The molecule has 1 atom stereocenters. The van der Waals surface area contributed by atoms with E-state index >= 15 is 0 Å². The first-order valence-electron chi connectivity index (χ1n) is 6.38. The first-order valence-corrected chi connectivity index (χ1v) is 6.38. The molecule has 0 heterocycles. The molecule has 1 aliphatic carbocycles. The molecule has 0 saturated carbocycles. The molecule has 1 unspecified atom stereocenters. The molecule has 0 bridgehead atoms. The third-order valence-electron chi connectivity index (χ3n) is 3.85. The van der Waals surface area contributed by atoms with E-state index < -0.39 is 0 Å². The van der Waals surface area contributed by atoms with Gasteiger partial charge in [-0.2, -0.15) is 0 Å². The Hall–Kier alpha value is -1.89. The van der Waals surface area contributed by atoms with Crippen LogP contribution in [0.25, 0.3) is 0 Å². The summed E-state index contributed by atoms with van der Waals surface area (Å²) in [5, 5.41) is 0. The van der Waals surface area contributed by atoms with Crippen LogP contribution in [0.2, 0.25) is 0 Å². The van der Waals surface area contributed by atoms with Crippen LogP contribution in [-0.2, 0) is 6.42 Å². The maximum Gasteiger partial charge on any atom is 0.167 e. The maximum atomic E-state index is 12.4. The van der Waals surface area contributed by atoms with Crippen LogP contribution in [0.15, 0.2) is 42.5 Å². The van der Waals surface area contributed by atoms with E-state index in [2.05, 4.69) is 37.3 Å². The Morgan fingerprint density at radius 2 is 1.83 bits per heavy atom. The Morgan fingerprint density at radius 3 is 2.67 bits per heavy atom. The van der Waals surface area contributed by atoms with E-state index in [1.807, 2.05) is 19.1 Å². The van der Waals surface area contributed by atoms with Crippen LogP contribution in [0.1, 0.15) is 45.5 Å². The summed E-state index contributed by atoms with van der Waals surface area (Å²) in [5.74, 6) is 0.536. The maximum absolute atomic E-state index is 12.4. The van der Waals surface area contributed by atoms with Crippen LogP contribution < -0.4 is 0 Å². The number of carbonyl (C=O) groups excluding carboxylic acids is 1. The van der Waals surface area contributed by atoms with Crippen molar-refractivity contribution >= 4 is 5.78 Å². The monoisotopic (exact) mass is 236 g/mol. The minimum Gasteiger partial charge on any atom is -0.294 e. The Kier molecular flexibility index (Phi) is 2.55. The van der Waals surface area contributed by atoms with Crippen LogP contribution in [-0.4, -0.2) is 5.78 Å². The van der Waals surface area contributed by atoms with Gasteiger partial charge in [0.2, 0.25) is 0 Å². The summed E-state index contributed by atoms with van der Waals surface area (Å²) in [7, 11) is 0. The molecule has 0 aromatic heterocycles. The Balaban J connectivity index is 2.25. The molecule has 90 valence electrons. The number of carbonyl (C=O) groups is 1. The smallest absolute Gasteiger partial charge is 0.167 e. The zero-order valence-corrected chi connectivity index (χ0v) is 10.7. The van der Waals surface area contributed by atoms with E-state index in [0.717, 1.165) is 16.7 Å². The van der Waals surface area contributed by atoms with Gasteiger partial charge < -0.3 is 0 Å². The molecule has 0 aliphatic heterocycles. The average molecular weight is 236 g/mol. The Bertz CT molecular complexity index is 625. The van der Waals surface area contributed by atoms with Crippen molar-refractivity contribution in [2.75, 3.05) is 0 Å². The number of aryl methyl sites for hydroxylation is 1. The summed E-state index contributed by atoms with van der Waals surface area (Å²) in [6, 6.07) is 14.5. The number of rotatable bonds is 0. The molecule has 0 fully saturated rings. The van der Waals surface area contributed by atoms with E-state index in [9.17, 15) is 4.79 Å². The molecule has 0 saturated heterocycles. The molecule has 1 aliphatic rings. The SMILES string of the molecule is Cc1ccc2c(c1)C(=O)Cc1ccccc1C2C. The van der Waals surface area contributed by atoms with Crippen LogP contribution >= 0.6 is 0 Å². The number of Topliss-reactive ketones (excluding diaryl/α,β-unsaturated/α-hetero) is 1. The molecule has 2 aromatic rings. The summed E-state index contributed by atoms with van der Waals surface area (Å²) in [5.41, 5.74) is 5.67. The minimum atomic E-state index is 0.241. The highest BCUT2D eigenvalue weighted by Crippen LogP contribution is 2.34. The standard InChI is InChI=1S/C17H16O/c1-11-7-8-15-12(2)14-6-4-3-5-13(14)10-17(18)16(15)9-11/h3-9,12H,10H2,1-2H3. The van der Waals surface area contributed by atoms with Gasteiger partial charge in [-0.3, -0.25) is 4.79 Å². The predicted octanol–water partition coefficient (Wildman–Crippen LogP) is 3.89. The quantitative estimate of drug-likeness (QED) is 0.678. The van der Waals surface area contributed by atoms with Crippen molar-refractivity contribution in [3.8, 4) is 0 Å². The second kappa shape index (κ2) is 4.09. The lowest BCUT2D eigenvalue weighted by Gasteiger charge is -2.15. The first kappa shape index (κ1) is 11.2.